The van der Waals surface area contributed by atoms with Gasteiger partial charge in [-0.1, -0.05) is 19.3 Å². The Morgan fingerprint density at radius 3 is 2.70 bits per heavy atom. The number of nitrogens with one attached hydrogen (secondary N) is 1. The van der Waals surface area contributed by atoms with Crippen LogP contribution in [0.15, 0.2) is 30.5 Å². The van der Waals surface area contributed by atoms with Gasteiger partial charge in [-0.05, 0) is 37.1 Å². The zero-order chi connectivity index (χ0) is 13.9. The Morgan fingerprint density at radius 2 is 2.00 bits per heavy atom. The number of H-pyrrole nitrogens is 1. The van der Waals surface area contributed by atoms with Crippen molar-refractivity contribution >= 4 is 11.5 Å². The lowest BCUT2D eigenvalue weighted by Crippen LogP contribution is -2.18. The molecule has 3 rings (SSSR count). The molecule has 1 aromatic carbocycles. The van der Waals surface area contributed by atoms with Crippen LogP contribution in [0.25, 0.3) is 11.3 Å². The summed E-state index contributed by atoms with van der Waals surface area (Å²) in [6, 6.07) is 7.40. The molecular weight excluding hydrogens is 250 g/mol. The fourth-order valence-electron chi connectivity index (χ4n) is 2.95. The van der Waals surface area contributed by atoms with Gasteiger partial charge in [0.05, 0.1) is 5.69 Å². The van der Waals surface area contributed by atoms with Crippen LogP contribution in [0.5, 0.6) is 0 Å². The first-order valence-electron chi connectivity index (χ1n) is 7.19. The molecule has 0 spiro atoms. The molecule has 0 unspecified atom stereocenters. The van der Waals surface area contributed by atoms with E-state index >= 15 is 0 Å². The van der Waals surface area contributed by atoms with Crippen LogP contribution in [0, 0.1) is 5.92 Å². The Kier molecular flexibility index (Phi) is 3.54. The average Bonchev–Trinajstić information content (AvgIpc) is 3.02. The van der Waals surface area contributed by atoms with E-state index in [0.29, 0.717) is 5.69 Å². The number of ketones is 1. The van der Waals surface area contributed by atoms with Gasteiger partial charge in [-0.25, -0.2) is 0 Å². The van der Waals surface area contributed by atoms with Crippen molar-refractivity contribution in [2.45, 2.75) is 32.1 Å². The third kappa shape index (κ3) is 2.46. The standard InChI is InChI=1S/C16H19N3O/c17-14-7-6-12(10-13(14)15-8-9-18-19-15)16(20)11-4-2-1-3-5-11/h6-11H,1-5,17H2,(H,18,19). The van der Waals surface area contributed by atoms with E-state index < -0.39 is 0 Å². The zero-order valence-corrected chi connectivity index (χ0v) is 11.4. The predicted octanol–water partition coefficient (Wildman–Crippen LogP) is 3.42. The van der Waals surface area contributed by atoms with Crippen LogP contribution in [0.3, 0.4) is 0 Å². The molecule has 4 nitrogen and oxygen atoms in total. The van der Waals surface area contributed by atoms with Gasteiger partial charge in [0.2, 0.25) is 0 Å². The lowest BCUT2D eigenvalue weighted by atomic mass is 9.83. The minimum absolute atomic E-state index is 0.182. The molecule has 20 heavy (non-hydrogen) atoms. The van der Waals surface area contributed by atoms with Gasteiger partial charge in [0, 0.05) is 28.9 Å². The number of benzene rings is 1. The maximum atomic E-state index is 12.6. The molecule has 1 saturated carbocycles. The summed E-state index contributed by atoms with van der Waals surface area (Å²) in [4.78, 5) is 12.6. The molecule has 3 N–H and O–H groups in total. The van der Waals surface area contributed by atoms with E-state index in [2.05, 4.69) is 10.2 Å². The van der Waals surface area contributed by atoms with Crippen molar-refractivity contribution in [2.24, 2.45) is 5.92 Å². The number of anilines is 1. The van der Waals surface area contributed by atoms with E-state index in [9.17, 15) is 4.79 Å². The highest BCUT2D eigenvalue weighted by Gasteiger charge is 2.23. The normalized spacial score (nSPS) is 16.2. The molecule has 1 aromatic heterocycles. The summed E-state index contributed by atoms with van der Waals surface area (Å²) in [6.07, 6.45) is 7.30. The molecule has 0 atom stereocenters. The van der Waals surface area contributed by atoms with Crippen LogP contribution in [0.2, 0.25) is 0 Å². The predicted molar refractivity (Wildman–Crippen MR) is 79.3 cm³/mol. The Balaban J connectivity index is 1.90. The number of carbonyl (C=O) groups is 1. The van der Waals surface area contributed by atoms with Gasteiger partial charge < -0.3 is 5.73 Å². The number of carbonyl (C=O) groups excluding carboxylic acids is 1. The van der Waals surface area contributed by atoms with Crippen molar-refractivity contribution in [3.63, 3.8) is 0 Å². The number of aromatic amines is 1. The molecule has 1 fully saturated rings. The number of aromatic nitrogens is 2. The highest BCUT2D eigenvalue weighted by molar-refractivity contribution is 5.99. The molecule has 104 valence electrons. The fourth-order valence-corrected chi connectivity index (χ4v) is 2.95. The first-order valence-corrected chi connectivity index (χ1v) is 7.19. The largest absolute Gasteiger partial charge is 0.398 e. The molecule has 0 bridgehead atoms. The van der Waals surface area contributed by atoms with E-state index in [4.69, 9.17) is 5.73 Å². The first kappa shape index (κ1) is 12.9. The summed E-state index contributed by atoms with van der Waals surface area (Å²) in [7, 11) is 0. The van der Waals surface area contributed by atoms with E-state index in [1.165, 1.54) is 19.3 Å². The lowest BCUT2D eigenvalue weighted by molar-refractivity contribution is 0.0889. The molecule has 2 aromatic rings. The smallest absolute Gasteiger partial charge is 0.165 e. The maximum Gasteiger partial charge on any atom is 0.165 e. The molecule has 1 aliphatic rings. The van der Waals surface area contributed by atoms with E-state index in [1.807, 2.05) is 24.3 Å². The van der Waals surface area contributed by atoms with Gasteiger partial charge in [-0.3, -0.25) is 9.89 Å². The van der Waals surface area contributed by atoms with Gasteiger partial charge in [0.15, 0.2) is 5.78 Å². The van der Waals surface area contributed by atoms with Crippen LogP contribution in [-0.2, 0) is 0 Å². The van der Waals surface area contributed by atoms with Crippen molar-refractivity contribution in [1.82, 2.24) is 10.2 Å². The number of rotatable bonds is 3. The van der Waals surface area contributed by atoms with Crippen LogP contribution in [-0.4, -0.2) is 16.0 Å². The topological polar surface area (TPSA) is 71.8 Å². The summed E-state index contributed by atoms with van der Waals surface area (Å²) in [5.74, 6) is 0.437. The van der Waals surface area contributed by atoms with Crippen molar-refractivity contribution < 1.29 is 4.79 Å². The van der Waals surface area contributed by atoms with Gasteiger partial charge >= 0.3 is 0 Å². The fraction of sp³-hybridized carbons (Fsp3) is 0.375. The molecule has 4 heteroatoms. The van der Waals surface area contributed by atoms with Gasteiger partial charge in [0.25, 0.3) is 0 Å². The third-order valence-corrected chi connectivity index (χ3v) is 4.10. The maximum absolute atomic E-state index is 12.6. The average molecular weight is 269 g/mol. The van der Waals surface area contributed by atoms with Crippen LogP contribution < -0.4 is 5.73 Å². The molecule has 0 aliphatic heterocycles. The Bertz CT molecular complexity index is 598. The molecule has 0 radical (unpaired) electrons. The number of nitrogens with two attached hydrogens (primary N) is 1. The second kappa shape index (κ2) is 5.49. The van der Waals surface area contributed by atoms with Crippen molar-refractivity contribution in [1.29, 1.82) is 0 Å². The molecular formula is C16H19N3O. The number of nitrogens with zero attached hydrogens (tertiary/aromatic N) is 1. The minimum atomic E-state index is 0.182. The van der Waals surface area contributed by atoms with Gasteiger partial charge in [-0.2, -0.15) is 5.10 Å². The highest BCUT2D eigenvalue weighted by Crippen LogP contribution is 2.30. The molecule has 1 aliphatic carbocycles. The number of hydrogen-bond donors (Lipinski definition) is 2. The van der Waals surface area contributed by atoms with E-state index in [0.717, 1.165) is 29.7 Å². The monoisotopic (exact) mass is 269 g/mol. The molecule has 0 saturated heterocycles. The number of hydrogen-bond acceptors (Lipinski definition) is 3. The van der Waals surface area contributed by atoms with Crippen molar-refractivity contribution in [3.8, 4) is 11.3 Å². The Hall–Kier alpha value is -2.10. The second-order valence-corrected chi connectivity index (χ2v) is 5.47. The molecule has 1 heterocycles. The number of Topliss-reactive ketones (excluding diaryl/α,β-unsaturated/α-hetero) is 1. The van der Waals surface area contributed by atoms with Crippen LogP contribution >= 0.6 is 0 Å². The second-order valence-electron chi connectivity index (χ2n) is 5.47. The Morgan fingerprint density at radius 1 is 1.20 bits per heavy atom. The van der Waals surface area contributed by atoms with Crippen molar-refractivity contribution in [3.05, 3.63) is 36.0 Å². The highest BCUT2D eigenvalue weighted by atomic mass is 16.1. The van der Waals surface area contributed by atoms with E-state index in [-0.39, 0.29) is 11.7 Å². The molecule has 0 amide bonds. The van der Waals surface area contributed by atoms with Crippen molar-refractivity contribution in [2.75, 3.05) is 5.73 Å². The number of nitrogen functional groups attached to an aromatic ring is 1. The summed E-state index contributed by atoms with van der Waals surface area (Å²) >= 11 is 0. The summed E-state index contributed by atoms with van der Waals surface area (Å²) < 4.78 is 0. The van der Waals surface area contributed by atoms with Crippen LogP contribution in [0.4, 0.5) is 5.69 Å². The third-order valence-electron chi connectivity index (χ3n) is 4.10. The van der Waals surface area contributed by atoms with Crippen LogP contribution in [0.1, 0.15) is 42.5 Å². The summed E-state index contributed by atoms with van der Waals surface area (Å²) in [5.41, 5.74) is 9.12. The lowest BCUT2D eigenvalue weighted by Gasteiger charge is -2.20. The SMILES string of the molecule is Nc1ccc(C(=O)C2CCCCC2)cc1-c1ccn[nH]1. The van der Waals surface area contributed by atoms with Gasteiger partial charge in [-0.15, -0.1) is 0 Å². The summed E-state index contributed by atoms with van der Waals surface area (Å²) in [6.45, 7) is 0. The zero-order valence-electron chi connectivity index (χ0n) is 11.4. The minimum Gasteiger partial charge on any atom is -0.398 e. The Labute approximate surface area is 118 Å². The van der Waals surface area contributed by atoms with E-state index in [1.54, 1.807) is 6.20 Å². The first-order chi connectivity index (χ1) is 9.75. The summed E-state index contributed by atoms with van der Waals surface area (Å²) in [5, 5.41) is 6.84. The van der Waals surface area contributed by atoms with Gasteiger partial charge in [0.1, 0.15) is 0 Å². The quantitative estimate of drug-likeness (QED) is 0.662.